The first kappa shape index (κ1) is 14.0. The number of carbonyl (C=O) groups is 1. The minimum atomic E-state index is 0.00526. The van der Waals surface area contributed by atoms with Crippen molar-refractivity contribution in [2.45, 2.75) is 45.7 Å². The van der Waals surface area contributed by atoms with Crippen molar-refractivity contribution < 1.29 is 4.79 Å². The van der Waals surface area contributed by atoms with Crippen LogP contribution in [-0.2, 0) is 11.3 Å². The van der Waals surface area contributed by atoms with Gasteiger partial charge >= 0.3 is 0 Å². The molecule has 1 aliphatic rings. The van der Waals surface area contributed by atoms with E-state index in [4.69, 9.17) is 0 Å². The van der Waals surface area contributed by atoms with E-state index in [9.17, 15) is 4.79 Å². The number of carbonyl (C=O) groups excluding carboxylic acids is 1. The van der Waals surface area contributed by atoms with Crippen LogP contribution in [-0.4, -0.2) is 34.9 Å². The first-order chi connectivity index (χ1) is 9.22. The standard InChI is InChI=1S/C15H23N3O/c1-3-7-17-14-5-4-9-18(15(14)19)11-13-10-16-8-6-12(13)2/h6,8,10,14,17H,3-5,7,9,11H2,1-2H3. The van der Waals surface area contributed by atoms with Crippen LogP contribution in [0.3, 0.4) is 0 Å². The van der Waals surface area contributed by atoms with E-state index in [2.05, 4.69) is 24.1 Å². The van der Waals surface area contributed by atoms with Crippen LogP contribution in [0, 0.1) is 6.92 Å². The summed E-state index contributed by atoms with van der Waals surface area (Å²) >= 11 is 0. The Morgan fingerprint density at radius 3 is 3.11 bits per heavy atom. The lowest BCUT2D eigenvalue weighted by atomic mass is 10.0. The second-order valence-electron chi connectivity index (χ2n) is 5.21. The van der Waals surface area contributed by atoms with Gasteiger partial charge in [-0.05, 0) is 49.9 Å². The number of nitrogens with one attached hydrogen (secondary N) is 1. The molecule has 1 N–H and O–H groups in total. The molecule has 0 aliphatic carbocycles. The van der Waals surface area contributed by atoms with E-state index in [1.807, 2.05) is 17.2 Å². The monoisotopic (exact) mass is 261 g/mol. The Morgan fingerprint density at radius 2 is 2.37 bits per heavy atom. The predicted octanol–water partition coefficient (Wildman–Crippen LogP) is 1.88. The number of hydrogen-bond acceptors (Lipinski definition) is 3. The van der Waals surface area contributed by atoms with E-state index in [1.54, 1.807) is 6.20 Å². The number of pyridine rings is 1. The summed E-state index contributed by atoms with van der Waals surface area (Å²) in [5, 5.41) is 3.34. The quantitative estimate of drug-likeness (QED) is 0.880. The highest BCUT2D eigenvalue weighted by molar-refractivity contribution is 5.82. The van der Waals surface area contributed by atoms with E-state index in [0.717, 1.165) is 37.9 Å². The second-order valence-corrected chi connectivity index (χ2v) is 5.21. The number of likely N-dealkylation sites (tertiary alicyclic amines) is 1. The molecule has 19 heavy (non-hydrogen) atoms. The number of aryl methyl sites for hydroxylation is 1. The summed E-state index contributed by atoms with van der Waals surface area (Å²) in [5.41, 5.74) is 2.35. The summed E-state index contributed by atoms with van der Waals surface area (Å²) in [6, 6.07) is 2.00. The molecule has 4 heteroatoms. The van der Waals surface area contributed by atoms with Crippen molar-refractivity contribution in [3.05, 3.63) is 29.6 Å². The number of nitrogens with zero attached hydrogens (tertiary/aromatic N) is 2. The summed E-state index contributed by atoms with van der Waals surface area (Å²) < 4.78 is 0. The molecule has 1 aromatic heterocycles. The maximum absolute atomic E-state index is 12.4. The van der Waals surface area contributed by atoms with Crippen molar-refractivity contribution >= 4 is 5.91 Å². The minimum Gasteiger partial charge on any atom is -0.337 e. The molecule has 0 radical (unpaired) electrons. The van der Waals surface area contributed by atoms with Gasteiger partial charge in [-0.15, -0.1) is 0 Å². The van der Waals surface area contributed by atoms with Crippen LogP contribution in [0.25, 0.3) is 0 Å². The van der Waals surface area contributed by atoms with E-state index in [0.29, 0.717) is 6.54 Å². The summed E-state index contributed by atoms with van der Waals surface area (Å²) in [6.07, 6.45) is 6.76. The molecule has 4 nitrogen and oxygen atoms in total. The van der Waals surface area contributed by atoms with Crippen LogP contribution in [0.1, 0.15) is 37.3 Å². The molecule has 1 saturated heterocycles. The Bertz CT molecular complexity index is 433. The lowest BCUT2D eigenvalue weighted by Gasteiger charge is -2.33. The topological polar surface area (TPSA) is 45.2 Å². The smallest absolute Gasteiger partial charge is 0.240 e. The van der Waals surface area contributed by atoms with Gasteiger partial charge in [-0.1, -0.05) is 6.92 Å². The fraction of sp³-hybridized carbons (Fsp3) is 0.600. The third-order valence-electron chi connectivity index (χ3n) is 3.68. The fourth-order valence-corrected chi connectivity index (χ4v) is 2.47. The average molecular weight is 261 g/mol. The Morgan fingerprint density at radius 1 is 1.53 bits per heavy atom. The van der Waals surface area contributed by atoms with Crippen molar-refractivity contribution in [3.8, 4) is 0 Å². The second kappa shape index (κ2) is 6.66. The molecule has 0 spiro atoms. The van der Waals surface area contributed by atoms with Gasteiger partial charge in [-0.3, -0.25) is 9.78 Å². The summed E-state index contributed by atoms with van der Waals surface area (Å²) in [6.45, 7) is 6.64. The Kier molecular flexibility index (Phi) is 4.91. The molecule has 1 fully saturated rings. The Hall–Kier alpha value is -1.42. The molecule has 0 saturated carbocycles. The molecular weight excluding hydrogens is 238 g/mol. The molecule has 1 unspecified atom stereocenters. The zero-order valence-electron chi connectivity index (χ0n) is 11.9. The van der Waals surface area contributed by atoms with Crippen molar-refractivity contribution in [1.82, 2.24) is 15.2 Å². The Labute approximate surface area is 115 Å². The van der Waals surface area contributed by atoms with Gasteiger partial charge in [0.25, 0.3) is 0 Å². The molecule has 2 rings (SSSR count). The van der Waals surface area contributed by atoms with E-state index < -0.39 is 0 Å². The van der Waals surface area contributed by atoms with Crippen LogP contribution < -0.4 is 5.32 Å². The molecule has 1 atom stereocenters. The molecule has 1 amide bonds. The van der Waals surface area contributed by atoms with Crippen molar-refractivity contribution in [3.63, 3.8) is 0 Å². The van der Waals surface area contributed by atoms with Crippen molar-refractivity contribution in [2.75, 3.05) is 13.1 Å². The van der Waals surface area contributed by atoms with Gasteiger partial charge in [0.05, 0.1) is 6.04 Å². The Balaban J connectivity index is 2.00. The molecule has 0 aromatic carbocycles. The van der Waals surface area contributed by atoms with Crippen LogP contribution in [0.15, 0.2) is 18.5 Å². The third kappa shape index (κ3) is 3.53. The molecule has 104 valence electrons. The molecular formula is C15H23N3O. The van der Waals surface area contributed by atoms with E-state index >= 15 is 0 Å². The highest BCUT2D eigenvalue weighted by Crippen LogP contribution is 2.16. The van der Waals surface area contributed by atoms with Crippen molar-refractivity contribution in [1.29, 1.82) is 0 Å². The first-order valence-electron chi connectivity index (χ1n) is 7.14. The number of hydrogen-bond donors (Lipinski definition) is 1. The highest BCUT2D eigenvalue weighted by atomic mass is 16.2. The highest BCUT2D eigenvalue weighted by Gasteiger charge is 2.28. The zero-order valence-corrected chi connectivity index (χ0v) is 11.9. The molecule has 0 bridgehead atoms. The normalized spacial score (nSPS) is 19.8. The van der Waals surface area contributed by atoms with Gasteiger partial charge in [0.15, 0.2) is 0 Å². The van der Waals surface area contributed by atoms with Gasteiger partial charge in [-0.2, -0.15) is 0 Å². The first-order valence-corrected chi connectivity index (χ1v) is 7.14. The molecule has 2 heterocycles. The van der Waals surface area contributed by atoms with Crippen LogP contribution >= 0.6 is 0 Å². The summed E-state index contributed by atoms with van der Waals surface area (Å²) in [4.78, 5) is 18.5. The SMILES string of the molecule is CCCNC1CCCN(Cc2cnccc2C)C1=O. The van der Waals surface area contributed by atoms with Gasteiger partial charge in [0, 0.05) is 25.5 Å². The van der Waals surface area contributed by atoms with Gasteiger partial charge in [0.1, 0.15) is 0 Å². The van der Waals surface area contributed by atoms with Crippen LogP contribution in [0.2, 0.25) is 0 Å². The summed E-state index contributed by atoms with van der Waals surface area (Å²) in [5.74, 6) is 0.239. The number of piperidine rings is 1. The lowest BCUT2D eigenvalue weighted by Crippen LogP contribution is -2.50. The van der Waals surface area contributed by atoms with E-state index in [1.165, 1.54) is 5.56 Å². The van der Waals surface area contributed by atoms with Crippen LogP contribution in [0.4, 0.5) is 0 Å². The van der Waals surface area contributed by atoms with E-state index in [-0.39, 0.29) is 11.9 Å². The lowest BCUT2D eigenvalue weighted by molar-refractivity contribution is -0.136. The molecule has 1 aromatic rings. The third-order valence-corrected chi connectivity index (χ3v) is 3.68. The number of amides is 1. The maximum atomic E-state index is 12.4. The largest absolute Gasteiger partial charge is 0.337 e. The zero-order chi connectivity index (χ0) is 13.7. The van der Waals surface area contributed by atoms with Gasteiger partial charge in [-0.25, -0.2) is 0 Å². The minimum absolute atomic E-state index is 0.00526. The summed E-state index contributed by atoms with van der Waals surface area (Å²) in [7, 11) is 0. The fourth-order valence-electron chi connectivity index (χ4n) is 2.47. The molecule has 1 aliphatic heterocycles. The number of rotatable bonds is 5. The van der Waals surface area contributed by atoms with Gasteiger partial charge in [0.2, 0.25) is 5.91 Å². The van der Waals surface area contributed by atoms with Gasteiger partial charge < -0.3 is 10.2 Å². The number of aromatic nitrogens is 1. The average Bonchev–Trinajstić information content (AvgIpc) is 2.42. The van der Waals surface area contributed by atoms with Crippen LogP contribution in [0.5, 0.6) is 0 Å². The maximum Gasteiger partial charge on any atom is 0.240 e. The van der Waals surface area contributed by atoms with Crippen molar-refractivity contribution in [2.24, 2.45) is 0 Å². The predicted molar refractivity (Wildman–Crippen MR) is 75.7 cm³/mol.